The number of ether oxygens (including phenoxy) is 1. The van der Waals surface area contributed by atoms with Crippen molar-refractivity contribution in [2.45, 2.75) is 46.1 Å². The Bertz CT molecular complexity index is 450. The molecule has 1 amide bonds. The fourth-order valence-electron chi connectivity index (χ4n) is 2.69. The Morgan fingerprint density at radius 3 is 2.67 bits per heavy atom. The highest BCUT2D eigenvalue weighted by Crippen LogP contribution is 2.22. The molecule has 1 fully saturated rings. The van der Waals surface area contributed by atoms with Crippen LogP contribution in [0.3, 0.4) is 0 Å². The lowest BCUT2D eigenvalue weighted by molar-refractivity contribution is -0.138. The van der Waals surface area contributed by atoms with Crippen molar-refractivity contribution in [3.05, 3.63) is 35.9 Å². The van der Waals surface area contributed by atoms with Gasteiger partial charge in [-0.3, -0.25) is 4.79 Å². The molecule has 1 saturated heterocycles. The van der Waals surface area contributed by atoms with Crippen molar-refractivity contribution >= 4 is 5.91 Å². The average molecular weight is 289 g/mol. The minimum Gasteiger partial charge on any atom is -0.376 e. The number of likely N-dealkylation sites (tertiary alicyclic amines) is 1. The van der Waals surface area contributed by atoms with Crippen LogP contribution in [-0.2, 0) is 16.0 Å². The van der Waals surface area contributed by atoms with Crippen LogP contribution >= 0.6 is 0 Å². The van der Waals surface area contributed by atoms with Gasteiger partial charge in [0, 0.05) is 25.1 Å². The van der Waals surface area contributed by atoms with Gasteiger partial charge in [0.15, 0.2) is 0 Å². The lowest BCUT2D eigenvalue weighted by atomic mass is 9.95. The number of carbonyl (C=O) groups excluding carboxylic acids is 1. The monoisotopic (exact) mass is 289 g/mol. The molecule has 0 N–H and O–H groups in total. The lowest BCUT2D eigenvalue weighted by Crippen LogP contribution is -2.38. The number of amides is 1. The van der Waals surface area contributed by atoms with E-state index in [9.17, 15) is 4.79 Å². The summed E-state index contributed by atoms with van der Waals surface area (Å²) in [6, 6.07) is 10.5. The standard InChI is InChI=1S/C18H27NO2/c1-18(2,3)17(20)19-12-11-16(14-19)21-13-7-10-15-8-5-4-6-9-15/h4-6,8-9,16H,7,10-14H2,1-3H3/t16-/m1/s1. The van der Waals surface area contributed by atoms with Crippen molar-refractivity contribution in [3.63, 3.8) is 0 Å². The summed E-state index contributed by atoms with van der Waals surface area (Å²) in [4.78, 5) is 14.1. The Morgan fingerprint density at radius 1 is 1.29 bits per heavy atom. The zero-order chi connectivity index (χ0) is 15.3. The summed E-state index contributed by atoms with van der Waals surface area (Å²) >= 11 is 0. The van der Waals surface area contributed by atoms with E-state index >= 15 is 0 Å². The van der Waals surface area contributed by atoms with Gasteiger partial charge in [0.2, 0.25) is 5.91 Å². The molecule has 2 rings (SSSR count). The molecule has 0 saturated carbocycles. The summed E-state index contributed by atoms with van der Waals surface area (Å²) in [5.74, 6) is 0.234. The van der Waals surface area contributed by atoms with Gasteiger partial charge in [-0.15, -0.1) is 0 Å². The first-order chi connectivity index (χ1) is 9.97. The Hall–Kier alpha value is -1.35. The molecule has 0 spiro atoms. The Labute approximate surface area is 128 Å². The molecule has 21 heavy (non-hydrogen) atoms. The predicted molar refractivity (Wildman–Crippen MR) is 85.2 cm³/mol. The number of hydrogen-bond donors (Lipinski definition) is 0. The van der Waals surface area contributed by atoms with Crippen LogP contribution < -0.4 is 0 Å². The fraction of sp³-hybridized carbons (Fsp3) is 0.611. The van der Waals surface area contributed by atoms with Crippen molar-refractivity contribution < 1.29 is 9.53 Å². The molecule has 0 bridgehead atoms. The van der Waals surface area contributed by atoms with Gasteiger partial charge in [-0.05, 0) is 24.8 Å². The van der Waals surface area contributed by atoms with Gasteiger partial charge in [-0.1, -0.05) is 51.1 Å². The van der Waals surface area contributed by atoms with E-state index in [-0.39, 0.29) is 17.4 Å². The van der Waals surface area contributed by atoms with Crippen LogP contribution in [0.2, 0.25) is 0 Å². The second-order valence-electron chi connectivity index (χ2n) is 6.87. The molecule has 1 aliphatic rings. The van der Waals surface area contributed by atoms with Crippen LogP contribution in [0, 0.1) is 5.41 Å². The normalized spacial score (nSPS) is 19.0. The molecule has 1 atom stereocenters. The summed E-state index contributed by atoms with van der Waals surface area (Å²) in [5.41, 5.74) is 1.07. The van der Waals surface area contributed by atoms with Crippen molar-refractivity contribution in [2.75, 3.05) is 19.7 Å². The van der Waals surface area contributed by atoms with E-state index < -0.39 is 0 Å². The summed E-state index contributed by atoms with van der Waals surface area (Å²) in [5, 5.41) is 0. The minimum absolute atomic E-state index is 0.215. The largest absolute Gasteiger partial charge is 0.376 e. The van der Waals surface area contributed by atoms with E-state index in [0.717, 1.165) is 39.0 Å². The van der Waals surface area contributed by atoms with Gasteiger partial charge in [0.05, 0.1) is 6.10 Å². The third kappa shape index (κ3) is 4.85. The maximum absolute atomic E-state index is 12.2. The SMILES string of the molecule is CC(C)(C)C(=O)N1CC[C@@H](OCCCc2ccccc2)C1. The molecule has 0 aliphatic carbocycles. The van der Waals surface area contributed by atoms with E-state index in [1.54, 1.807) is 0 Å². The highest BCUT2D eigenvalue weighted by Gasteiger charge is 2.32. The fourth-order valence-corrected chi connectivity index (χ4v) is 2.69. The molecule has 1 aliphatic heterocycles. The average Bonchev–Trinajstić information content (AvgIpc) is 2.91. The number of nitrogens with zero attached hydrogens (tertiary/aromatic N) is 1. The van der Waals surface area contributed by atoms with Gasteiger partial charge in [0.1, 0.15) is 0 Å². The number of carbonyl (C=O) groups is 1. The van der Waals surface area contributed by atoms with Gasteiger partial charge < -0.3 is 9.64 Å². The van der Waals surface area contributed by atoms with Crippen molar-refractivity contribution in [1.29, 1.82) is 0 Å². The molecule has 1 aromatic rings. The molecule has 3 heteroatoms. The summed E-state index contributed by atoms with van der Waals surface area (Å²) in [7, 11) is 0. The number of benzene rings is 1. The van der Waals surface area contributed by atoms with Gasteiger partial charge in [-0.2, -0.15) is 0 Å². The van der Waals surface area contributed by atoms with Crippen LogP contribution in [0.5, 0.6) is 0 Å². The first kappa shape index (κ1) is 16.0. The molecule has 0 unspecified atom stereocenters. The van der Waals surface area contributed by atoms with Crippen LogP contribution in [0.15, 0.2) is 30.3 Å². The number of rotatable bonds is 5. The summed E-state index contributed by atoms with van der Waals surface area (Å²) in [6.45, 7) is 8.29. The van der Waals surface area contributed by atoms with Crippen molar-refractivity contribution in [2.24, 2.45) is 5.41 Å². The predicted octanol–water partition coefficient (Wildman–Crippen LogP) is 3.28. The second kappa shape index (κ2) is 7.08. The van der Waals surface area contributed by atoms with E-state index in [1.807, 2.05) is 31.7 Å². The Balaban J connectivity index is 1.66. The molecular weight excluding hydrogens is 262 g/mol. The molecule has 1 aromatic carbocycles. The molecule has 3 nitrogen and oxygen atoms in total. The van der Waals surface area contributed by atoms with Crippen molar-refractivity contribution in [3.8, 4) is 0 Å². The summed E-state index contributed by atoms with van der Waals surface area (Å²) < 4.78 is 5.92. The number of aryl methyl sites for hydroxylation is 1. The quantitative estimate of drug-likeness (QED) is 0.779. The third-order valence-electron chi connectivity index (χ3n) is 3.88. The smallest absolute Gasteiger partial charge is 0.228 e. The van der Waals surface area contributed by atoms with Gasteiger partial charge in [0.25, 0.3) is 0 Å². The Morgan fingerprint density at radius 2 is 2.00 bits per heavy atom. The molecule has 1 heterocycles. The molecule has 116 valence electrons. The van der Waals surface area contributed by atoms with Crippen LogP contribution in [0.1, 0.15) is 39.2 Å². The topological polar surface area (TPSA) is 29.5 Å². The number of hydrogen-bond acceptors (Lipinski definition) is 2. The summed E-state index contributed by atoms with van der Waals surface area (Å²) in [6.07, 6.45) is 3.27. The molecule has 0 aromatic heterocycles. The van der Waals surface area contributed by atoms with Crippen molar-refractivity contribution in [1.82, 2.24) is 4.90 Å². The first-order valence-corrected chi connectivity index (χ1v) is 7.92. The van der Waals surface area contributed by atoms with E-state index in [4.69, 9.17) is 4.74 Å². The van der Waals surface area contributed by atoms with Gasteiger partial charge >= 0.3 is 0 Å². The maximum atomic E-state index is 12.2. The van der Waals surface area contributed by atoms with Crippen LogP contribution in [0.25, 0.3) is 0 Å². The van der Waals surface area contributed by atoms with E-state index in [2.05, 4.69) is 24.3 Å². The van der Waals surface area contributed by atoms with E-state index in [0.29, 0.717) is 0 Å². The maximum Gasteiger partial charge on any atom is 0.228 e. The van der Waals surface area contributed by atoms with Gasteiger partial charge in [-0.25, -0.2) is 0 Å². The third-order valence-corrected chi connectivity index (χ3v) is 3.88. The second-order valence-corrected chi connectivity index (χ2v) is 6.87. The zero-order valence-corrected chi connectivity index (χ0v) is 13.5. The Kier molecular flexibility index (Phi) is 5.40. The highest BCUT2D eigenvalue weighted by atomic mass is 16.5. The minimum atomic E-state index is -0.289. The van der Waals surface area contributed by atoms with E-state index in [1.165, 1.54) is 5.56 Å². The molecular formula is C18H27NO2. The highest BCUT2D eigenvalue weighted by molar-refractivity contribution is 5.81. The molecule has 0 radical (unpaired) electrons. The lowest BCUT2D eigenvalue weighted by Gasteiger charge is -2.25. The zero-order valence-electron chi connectivity index (χ0n) is 13.5. The van der Waals surface area contributed by atoms with Crippen LogP contribution in [0.4, 0.5) is 0 Å². The van der Waals surface area contributed by atoms with Crippen LogP contribution in [-0.4, -0.2) is 36.6 Å². The first-order valence-electron chi connectivity index (χ1n) is 7.92.